The van der Waals surface area contributed by atoms with Gasteiger partial charge in [-0.2, -0.15) is 0 Å². The van der Waals surface area contributed by atoms with Crippen molar-refractivity contribution in [2.45, 2.75) is 45.7 Å². The first-order valence-corrected chi connectivity index (χ1v) is 9.84. The fraction of sp³-hybridized carbons (Fsp3) is 0.455. The molecule has 5 nitrogen and oxygen atoms in total. The molecule has 1 saturated carbocycles. The Labute approximate surface area is 161 Å². The summed E-state index contributed by atoms with van der Waals surface area (Å²) < 4.78 is 5.50. The number of carbonyl (C=O) groups is 1. The molecule has 0 aliphatic heterocycles. The van der Waals surface area contributed by atoms with Crippen LogP contribution in [0.25, 0.3) is 0 Å². The van der Waals surface area contributed by atoms with Crippen molar-refractivity contribution in [3.05, 3.63) is 59.8 Å². The van der Waals surface area contributed by atoms with E-state index in [2.05, 4.69) is 36.3 Å². The number of urea groups is 1. The van der Waals surface area contributed by atoms with Crippen molar-refractivity contribution in [1.82, 2.24) is 15.2 Å². The summed E-state index contributed by atoms with van der Waals surface area (Å²) in [6.45, 7) is 6.09. The molecule has 1 aromatic carbocycles. The Hall–Kier alpha value is -2.56. The van der Waals surface area contributed by atoms with Crippen LogP contribution in [0, 0.1) is 5.92 Å². The zero-order chi connectivity index (χ0) is 19.1. The zero-order valence-electron chi connectivity index (χ0n) is 16.2. The molecule has 1 aliphatic carbocycles. The van der Waals surface area contributed by atoms with Crippen LogP contribution in [-0.2, 0) is 6.54 Å². The van der Waals surface area contributed by atoms with Crippen molar-refractivity contribution in [1.29, 1.82) is 0 Å². The highest BCUT2D eigenvalue weighted by Gasteiger charge is 2.30. The average molecular weight is 367 g/mol. The predicted octanol–water partition coefficient (Wildman–Crippen LogP) is 4.55. The molecular weight excluding hydrogens is 338 g/mol. The maximum Gasteiger partial charge on any atom is 0.318 e. The summed E-state index contributed by atoms with van der Waals surface area (Å²) in [5.41, 5.74) is 2.12. The van der Waals surface area contributed by atoms with Gasteiger partial charge in [0.25, 0.3) is 0 Å². The molecule has 1 aromatic heterocycles. The van der Waals surface area contributed by atoms with Gasteiger partial charge < -0.3 is 15.0 Å². The monoisotopic (exact) mass is 367 g/mol. The summed E-state index contributed by atoms with van der Waals surface area (Å²) in [6, 6.07) is 14.0. The lowest BCUT2D eigenvalue weighted by molar-refractivity contribution is 0.175. The van der Waals surface area contributed by atoms with Crippen LogP contribution in [0.1, 0.15) is 50.3 Å². The molecule has 0 spiro atoms. The van der Waals surface area contributed by atoms with Crippen LogP contribution in [0.5, 0.6) is 5.88 Å². The summed E-state index contributed by atoms with van der Waals surface area (Å²) >= 11 is 0. The van der Waals surface area contributed by atoms with E-state index in [1.54, 1.807) is 6.20 Å². The predicted molar refractivity (Wildman–Crippen MR) is 107 cm³/mol. The van der Waals surface area contributed by atoms with Gasteiger partial charge in [-0.25, -0.2) is 9.78 Å². The van der Waals surface area contributed by atoms with Crippen LogP contribution in [0.3, 0.4) is 0 Å². The molecular formula is C22H29N3O2. The average Bonchev–Trinajstić information content (AvgIpc) is 3.54. The largest absolute Gasteiger partial charge is 0.478 e. The number of nitrogens with one attached hydrogen (secondary N) is 1. The van der Waals surface area contributed by atoms with Gasteiger partial charge in [0.1, 0.15) is 0 Å². The Morgan fingerprint density at radius 1 is 1.26 bits per heavy atom. The Morgan fingerprint density at radius 2 is 2.04 bits per heavy atom. The third kappa shape index (κ3) is 5.71. The molecule has 5 heteroatoms. The second kappa shape index (κ2) is 9.40. The highest BCUT2D eigenvalue weighted by atomic mass is 16.5. The number of carbonyl (C=O) groups excluding carboxylic acids is 1. The van der Waals surface area contributed by atoms with E-state index >= 15 is 0 Å². The van der Waals surface area contributed by atoms with Crippen LogP contribution in [0.2, 0.25) is 0 Å². The molecule has 27 heavy (non-hydrogen) atoms. The minimum Gasteiger partial charge on any atom is -0.478 e. The number of nitrogens with zero attached hydrogens (tertiary/aromatic N) is 2. The Morgan fingerprint density at radius 3 is 2.67 bits per heavy atom. The molecule has 144 valence electrons. The number of aromatic nitrogens is 1. The molecule has 3 rings (SSSR count). The van der Waals surface area contributed by atoms with Gasteiger partial charge in [0.2, 0.25) is 5.88 Å². The van der Waals surface area contributed by atoms with Crippen molar-refractivity contribution in [2.75, 3.05) is 13.2 Å². The molecule has 1 atom stereocenters. The van der Waals surface area contributed by atoms with Crippen molar-refractivity contribution < 1.29 is 9.53 Å². The maximum absolute atomic E-state index is 12.9. The van der Waals surface area contributed by atoms with Gasteiger partial charge >= 0.3 is 6.03 Å². The third-order valence-corrected chi connectivity index (χ3v) is 4.86. The topological polar surface area (TPSA) is 54.5 Å². The van der Waals surface area contributed by atoms with Crippen LogP contribution >= 0.6 is 0 Å². The highest BCUT2D eigenvalue weighted by molar-refractivity contribution is 5.74. The molecule has 1 N–H and O–H groups in total. The summed E-state index contributed by atoms with van der Waals surface area (Å²) in [6.07, 6.45) is 5.15. The molecule has 1 fully saturated rings. The van der Waals surface area contributed by atoms with Gasteiger partial charge in [-0.1, -0.05) is 43.3 Å². The minimum atomic E-state index is -0.0236. The number of benzene rings is 1. The van der Waals surface area contributed by atoms with E-state index < -0.39 is 0 Å². The normalized spacial score (nSPS) is 14.4. The minimum absolute atomic E-state index is 0.0236. The SMILES string of the molecule is CCCOc1ccc(CNC(=O)N(CC2CC2)C(C)c2ccccc2)cn1. The Balaban J connectivity index is 1.59. The first-order chi connectivity index (χ1) is 13.2. The van der Waals surface area contributed by atoms with E-state index in [-0.39, 0.29) is 12.1 Å². The van der Waals surface area contributed by atoms with Crippen LogP contribution < -0.4 is 10.1 Å². The Bertz CT molecular complexity index is 714. The van der Waals surface area contributed by atoms with E-state index in [0.717, 1.165) is 24.1 Å². The highest BCUT2D eigenvalue weighted by Crippen LogP contribution is 2.32. The van der Waals surface area contributed by atoms with Gasteiger partial charge in [-0.3, -0.25) is 0 Å². The van der Waals surface area contributed by atoms with Crippen molar-refractivity contribution in [2.24, 2.45) is 5.92 Å². The molecule has 0 radical (unpaired) electrons. The van der Waals surface area contributed by atoms with E-state index in [9.17, 15) is 4.79 Å². The molecule has 1 unspecified atom stereocenters. The fourth-order valence-electron chi connectivity index (χ4n) is 2.99. The number of pyridine rings is 1. The molecule has 1 aliphatic rings. The van der Waals surface area contributed by atoms with E-state index in [4.69, 9.17) is 4.74 Å². The lowest BCUT2D eigenvalue weighted by Crippen LogP contribution is -2.42. The van der Waals surface area contributed by atoms with E-state index in [1.165, 1.54) is 12.8 Å². The molecule has 1 heterocycles. The standard InChI is InChI=1S/C22H29N3O2/c1-3-13-27-21-12-11-19(14-23-21)15-24-22(26)25(16-18-9-10-18)17(2)20-7-5-4-6-8-20/h4-8,11-12,14,17-18H,3,9-10,13,15-16H2,1-2H3,(H,24,26). The molecule has 2 aromatic rings. The first-order valence-electron chi connectivity index (χ1n) is 9.84. The number of rotatable bonds is 9. The fourth-order valence-corrected chi connectivity index (χ4v) is 2.99. The lowest BCUT2D eigenvalue weighted by atomic mass is 10.1. The van der Waals surface area contributed by atoms with Crippen LogP contribution in [-0.4, -0.2) is 29.1 Å². The summed E-state index contributed by atoms with van der Waals surface area (Å²) in [5, 5.41) is 3.05. The summed E-state index contributed by atoms with van der Waals surface area (Å²) in [7, 11) is 0. The Kier molecular flexibility index (Phi) is 6.69. The smallest absolute Gasteiger partial charge is 0.318 e. The van der Waals surface area contributed by atoms with Crippen molar-refractivity contribution in [3.8, 4) is 5.88 Å². The maximum atomic E-state index is 12.9. The van der Waals surface area contributed by atoms with Gasteiger partial charge in [-0.05, 0) is 43.2 Å². The number of ether oxygens (including phenoxy) is 1. The first kappa shape index (κ1) is 19.2. The van der Waals surface area contributed by atoms with Gasteiger partial charge in [-0.15, -0.1) is 0 Å². The molecule has 0 saturated heterocycles. The van der Waals surface area contributed by atoms with Gasteiger partial charge in [0.15, 0.2) is 0 Å². The summed E-state index contributed by atoms with van der Waals surface area (Å²) in [4.78, 5) is 19.1. The zero-order valence-corrected chi connectivity index (χ0v) is 16.2. The second-order valence-electron chi connectivity index (χ2n) is 7.19. The van der Waals surface area contributed by atoms with Gasteiger partial charge in [0, 0.05) is 25.4 Å². The molecule has 2 amide bonds. The van der Waals surface area contributed by atoms with E-state index in [0.29, 0.717) is 24.9 Å². The number of amides is 2. The molecule has 0 bridgehead atoms. The van der Waals surface area contributed by atoms with Gasteiger partial charge in [0.05, 0.1) is 12.6 Å². The quantitative estimate of drug-likeness (QED) is 0.707. The van der Waals surface area contributed by atoms with Crippen molar-refractivity contribution in [3.63, 3.8) is 0 Å². The van der Waals surface area contributed by atoms with E-state index in [1.807, 2.05) is 35.2 Å². The van der Waals surface area contributed by atoms with Crippen LogP contribution in [0.4, 0.5) is 4.79 Å². The third-order valence-electron chi connectivity index (χ3n) is 4.86. The number of hydrogen-bond donors (Lipinski definition) is 1. The second-order valence-corrected chi connectivity index (χ2v) is 7.19. The summed E-state index contributed by atoms with van der Waals surface area (Å²) in [5.74, 6) is 1.26. The van der Waals surface area contributed by atoms with Crippen molar-refractivity contribution >= 4 is 6.03 Å². The van der Waals surface area contributed by atoms with Crippen LogP contribution in [0.15, 0.2) is 48.7 Å². The lowest BCUT2D eigenvalue weighted by Gasteiger charge is -2.30. The number of hydrogen-bond acceptors (Lipinski definition) is 3.